The van der Waals surface area contributed by atoms with Gasteiger partial charge >= 0.3 is 0 Å². The van der Waals surface area contributed by atoms with Crippen molar-refractivity contribution in [3.05, 3.63) is 17.5 Å². The summed E-state index contributed by atoms with van der Waals surface area (Å²) in [7, 11) is 2.02. The van der Waals surface area contributed by atoms with Crippen molar-refractivity contribution in [2.75, 3.05) is 20.1 Å². The van der Waals surface area contributed by atoms with Gasteiger partial charge in [-0.2, -0.15) is 5.10 Å². The van der Waals surface area contributed by atoms with Gasteiger partial charge < -0.3 is 4.90 Å². The molecule has 0 saturated carbocycles. The number of hydrogen-bond acceptors (Lipinski definition) is 3. The Morgan fingerprint density at radius 1 is 1.41 bits per heavy atom. The number of nitrogens with zero attached hydrogens (tertiary/aromatic N) is 4. The number of likely N-dealkylation sites (N-methyl/N-ethyl adjacent to an activating group) is 1. The van der Waals surface area contributed by atoms with E-state index in [-0.39, 0.29) is 11.9 Å². The Kier molecular flexibility index (Phi) is 5.62. The first-order valence-corrected chi connectivity index (χ1v) is 8.39. The summed E-state index contributed by atoms with van der Waals surface area (Å²) >= 11 is 0. The molecule has 1 aliphatic rings. The van der Waals surface area contributed by atoms with Crippen molar-refractivity contribution in [2.24, 2.45) is 0 Å². The molecule has 2 rings (SSSR count). The first kappa shape index (κ1) is 17.0. The summed E-state index contributed by atoms with van der Waals surface area (Å²) in [5.41, 5.74) is 2.22. The molecule has 1 aliphatic heterocycles. The second kappa shape index (κ2) is 7.27. The summed E-state index contributed by atoms with van der Waals surface area (Å²) in [5.74, 6) is 0.252. The van der Waals surface area contributed by atoms with Gasteiger partial charge in [-0.1, -0.05) is 0 Å². The fourth-order valence-electron chi connectivity index (χ4n) is 3.06. The molecule has 1 aromatic heterocycles. The highest BCUT2D eigenvalue weighted by Gasteiger charge is 2.28. The summed E-state index contributed by atoms with van der Waals surface area (Å²) in [6, 6.07) is 2.77. The number of rotatable bonds is 5. The minimum atomic E-state index is 0.252. The lowest BCUT2D eigenvalue weighted by atomic mass is 10.0. The quantitative estimate of drug-likeness (QED) is 0.837. The van der Waals surface area contributed by atoms with E-state index in [2.05, 4.69) is 46.4 Å². The maximum atomic E-state index is 12.7. The van der Waals surface area contributed by atoms with Crippen LogP contribution in [0.1, 0.15) is 44.5 Å². The maximum Gasteiger partial charge on any atom is 0.237 e. The van der Waals surface area contributed by atoms with E-state index in [1.165, 1.54) is 12.1 Å². The molecule has 0 bridgehead atoms. The molecule has 0 aliphatic carbocycles. The summed E-state index contributed by atoms with van der Waals surface area (Å²) < 4.78 is 2.05. The van der Waals surface area contributed by atoms with Crippen molar-refractivity contribution in [1.29, 1.82) is 0 Å². The Hall–Kier alpha value is -1.36. The predicted octanol–water partition coefficient (Wildman–Crippen LogP) is 2.22. The van der Waals surface area contributed by atoms with Gasteiger partial charge in [0.2, 0.25) is 5.91 Å². The number of likely N-dealkylation sites (tertiary alicyclic amines) is 1. The van der Waals surface area contributed by atoms with E-state index in [0.29, 0.717) is 12.6 Å². The zero-order valence-corrected chi connectivity index (χ0v) is 14.7. The highest BCUT2D eigenvalue weighted by atomic mass is 16.2. The van der Waals surface area contributed by atoms with Crippen molar-refractivity contribution < 1.29 is 4.79 Å². The van der Waals surface area contributed by atoms with Crippen molar-refractivity contribution in [3.63, 3.8) is 0 Å². The molecule has 5 heteroatoms. The molecule has 5 nitrogen and oxygen atoms in total. The first-order chi connectivity index (χ1) is 10.4. The molecule has 1 saturated heterocycles. The number of hydrogen-bond donors (Lipinski definition) is 0. The van der Waals surface area contributed by atoms with Crippen LogP contribution in [0.25, 0.3) is 0 Å². The molecule has 1 atom stereocenters. The SMILES string of the molecule is Cc1cc(C)n(CC2CCCCN2C(=O)CN(C)C(C)C)n1. The lowest BCUT2D eigenvalue weighted by Crippen LogP contribution is -2.50. The zero-order valence-electron chi connectivity index (χ0n) is 14.7. The summed E-state index contributed by atoms with van der Waals surface area (Å²) in [6.07, 6.45) is 3.40. The van der Waals surface area contributed by atoms with Crippen LogP contribution in [0.4, 0.5) is 0 Å². The van der Waals surface area contributed by atoms with E-state index in [9.17, 15) is 4.79 Å². The van der Waals surface area contributed by atoms with Gasteiger partial charge in [0, 0.05) is 18.3 Å². The molecule has 22 heavy (non-hydrogen) atoms. The average Bonchev–Trinajstić information content (AvgIpc) is 2.77. The molecular weight excluding hydrogens is 276 g/mol. The second-order valence-corrected chi connectivity index (χ2v) is 6.85. The van der Waals surface area contributed by atoms with E-state index >= 15 is 0 Å². The van der Waals surface area contributed by atoms with Gasteiger partial charge in [-0.15, -0.1) is 0 Å². The lowest BCUT2D eigenvalue weighted by Gasteiger charge is -2.37. The van der Waals surface area contributed by atoms with Crippen molar-refractivity contribution >= 4 is 5.91 Å². The van der Waals surface area contributed by atoms with Gasteiger partial charge in [0.05, 0.1) is 24.8 Å². The minimum Gasteiger partial charge on any atom is -0.337 e. The van der Waals surface area contributed by atoms with Gasteiger partial charge in [-0.05, 0) is 60.1 Å². The largest absolute Gasteiger partial charge is 0.337 e. The third-order valence-electron chi connectivity index (χ3n) is 4.70. The number of aromatic nitrogens is 2. The molecule has 0 radical (unpaired) electrons. The summed E-state index contributed by atoms with van der Waals surface area (Å²) in [5, 5.41) is 4.56. The topological polar surface area (TPSA) is 41.4 Å². The number of amides is 1. The molecule has 1 fully saturated rings. The van der Waals surface area contributed by atoms with Crippen LogP contribution >= 0.6 is 0 Å². The Morgan fingerprint density at radius 2 is 2.14 bits per heavy atom. The standard InChI is InChI=1S/C17H30N4O/c1-13(2)19(5)12-17(22)20-9-7-6-8-16(20)11-21-15(4)10-14(3)18-21/h10,13,16H,6-9,11-12H2,1-5H3. The van der Waals surface area contributed by atoms with Gasteiger partial charge in [0.1, 0.15) is 0 Å². The summed E-state index contributed by atoms with van der Waals surface area (Å²) in [4.78, 5) is 16.8. The van der Waals surface area contributed by atoms with Gasteiger partial charge in [0.25, 0.3) is 0 Å². The number of aryl methyl sites for hydroxylation is 2. The third-order valence-corrected chi connectivity index (χ3v) is 4.70. The number of carbonyl (C=O) groups excluding carboxylic acids is 1. The van der Waals surface area contributed by atoms with E-state index in [1.54, 1.807) is 0 Å². The Labute approximate surface area is 134 Å². The van der Waals surface area contributed by atoms with Crippen LogP contribution < -0.4 is 0 Å². The van der Waals surface area contributed by atoms with E-state index in [4.69, 9.17) is 0 Å². The molecule has 124 valence electrons. The van der Waals surface area contributed by atoms with Crippen LogP contribution in [-0.2, 0) is 11.3 Å². The van der Waals surface area contributed by atoms with Crippen LogP contribution in [0.15, 0.2) is 6.07 Å². The highest BCUT2D eigenvalue weighted by Crippen LogP contribution is 2.20. The fourth-order valence-corrected chi connectivity index (χ4v) is 3.06. The number of piperidine rings is 1. The van der Waals surface area contributed by atoms with E-state index in [1.807, 2.05) is 14.0 Å². The minimum absolute atomic E-state index is 0.252. The molecule has 2 heterocycles. The molecule has 0 spiro atoms. The monoisotopic (exact) mass is 306 g/mol. The third kappa shape index (κ3) is 4.09. The van der Waals surface area contributed by atoms with E-state index < -0.39 is 0 Å². The Morgan fingerprint density at radius 3 is 2.73 bits per heavy atom. The van der Waals surface area contributed by atoms with Crippen molar-refractivity contribution in [1.82, 2.24) is 19.6 Å². The molecule has 0 N–H and O–H groups in total. The van der Waals surface area contributed by atoms with Gasteiger partial charge in [-0.3, -0.25) is 14.4 Å². The van der Waals surface area contributed by atoms with Crippen LogP contribution in [0, 0.1) is 13.8 Å². The van der Waals surface area contributed by atoms with E-state index in [0.717, 1.165) is 31.6 Å². The normalized spacial score (nSPS) is 19.2. The van der Waals surface area contributed by atoms with Crippen LogP contribution in [-0.4, -0.2) is 57.7 Å². The smallest absolute Gasteiger partial charge is 0.237 e. The average molecular weight is 306 g/mol. The Balaban J connectivity index is 2.04. The molecule has 1 amide bonds. The molecule has 0 aromatic carbocycles. The van der Waals surface area contributed by atoms with Crippen molar-refractivity contribution in [2.45, 2.75) is 65.6 Å². The van der Waals surface area contributed by atoms with Crippen LogP contribution in [0.5, 0.6) is 0 Å². The summed E-state index contributed by atoms with van der Waals surface area (Å²) in [6.45, 7) is 10.6. The van der Waals surface area contributed by atoms with Crippen molar-refractivity contribution in [3.8, 4) is 0 Å². The first-order valence-electron chi connectivity index (χ1n) is 8.39. The maximum absolute atomic E-state index is 12.7. The highest BCUT2D eigenvalue weighted by molar-refractivity contribution is 5.78. The molecule has 1 aromatic rings. The lowest BCUT2D eigenvalue weighted by molar-refractivity contribution is -0.136. The fraction of sp³-hybridized carbons (Fsp3) is 0.765. The van der Waals surface area contributed by atoms with Crippen LogP contribution in [0.2, 0.25) is 0 Å². The number of carbonyl (C=O) groups is 1. The molecular formula is C17H30N4O. The van der Waals surface area contributed by atoms with Gasteiger partial charge in [0.15, 0.2) is 0 Å². The van der Waals surface area contributed by atoms with Crippen LogP contribution in [0.3, 0.4) is 0 Å². The zero-order chi connectivity index (χ0) is 16.3. The Bertz CT molecular complexity index is 509. The second-order valence-electron chi connectivity index (χ2n) is 6.85. The van der Waals surface area contributed by atoms with Gasteiger partial charge in [-0.25, -0.2) is 0 Å². The molecule has 1 unspecified atom stereocenters. The predicted molar refractivity (Wildman–Crippen MR) is 88.8 cm³/mol.